The molecule has 3 aromatic carbocycles. The van der Waals surface area contributed by atoms with Crippen molar-refractivity contribution in [2.24, 2.45) is 0 Å². The number of anilines is 2. The van der Waals surface area contributed by atoms with Crippen molar-refractivity contribution in [2.75, 3.05) is 25.0 Å². The number of carbonyl (C=O) groups excluding carboxylic acids is 1. The minimum atomic E-state index is -0.428. The van der Waals surface area contributed by atoms with Crippen LogP contribution in [-0.4, -0.2) is 25.1 Å². The molecule has 0 fully saturated rings. The summed E-state index contributed by atoms with van der Waals surface area (Å²) in [6.07, 6.45) is -0.428. The average molecular weight is 375 g/mol. The Labute approximate surface area is 163 Å². The normalized spacial score (nSPS) is 15.4. The first-order chi connectivity index (χ1) is 13.7. The summed E-state index contributed by atoms with van der Waals surface area (Å²) >= 11 is 0. The van der Waals surface area contributed by atoms with Gasteiger partial charge in [-0.2, -0.15) is 0 Å². The predicted molar refractivity (Wildman–Crippen MR) is 109 cm³/mol. The Bertz CT molecular complexity index is 991. The topological polar surface area (TPSA) is 62.8 Å². The number of carbonyl (C=O) groups is 1. The number of nitrogens with one attached hydrogen (secondary N) is 2. The van der Waals surface area contributed by atoms with Crippen LogP contribution in [0.4, 0.5) is 11.4 Å². The van der Waals surface area contributed by atoms with E-state index in [2.05, 4.69) is 10.7 Å². The Balaban J connectivity index is 1.77. The highest BCUT2D eigenvalue weighted by molar-refractivity contribution is 6.02. The predicted octanol–water partition coefficient (Wildman–Crippen LogP) is 4.30. The molecule has 1 atom stereocenters. The van der Waals surface area contributed by atoms with Crippen molar-refractivity contribution in [3.63, 3.8) is 0 Å². The molecule has 0 bridgehead atoms. The summed E-state index contributed by atoms with van der Waals surface area (Å²) in [5.41, 5.74) is 6.33. The molecule has 4 rings (SSSR count). The number of methoxy groups -OCH3 is 2. The van der Waals surface area contributed by atoms with Crippen LogP contribution >= 0.6 is 0 Å². The highest BCUT2D eigenvalue weighted by Gasteiger charge is 2.33. The number of ether oxygens (including phenoxy) is 2. The van der Waals surface area contributed by atoms with Gasteiger partial charge in [-0.3, -0.25) is 10.2 Å². The standard InChI is InChI=1S/C22H21N3O3/c1-27-19-13-12-15(14-20(19)28-2)21-23-18-11-7-6-10-17(18)22(26)25(21)24-16-8-4-3-5-9-16/h3-14,21,23-24H,1-2H3. The zero-order valence-corrected chi connectivity index (χ0v) is 15.7. The van der Waals surface area contributed by atoms with E-state index in [1.165, 1.54) is 0 Å². The van der Waals surface area contributed by atoms with Crippen molar-refractivity contribution in [1.82, 2.24) is 5.01 Å². The maximum Gasteiger partial charge on any atom is 0.276 e. The fourth-order valence-electron chi connectivity index (χ4n) is 3.28. The molecule has 1 heterocycles. The lowest BCUT2D eigenvalue weighted by molar-refractivity contribution is 0.0733. The van der Waals surface area contributed by atoms with E-state index in [9.17, 15) is 4.79 Å². The van der Waals surface area contributed by atoms with Gasteiger partial charge in [0.05, 0.1) is 25.5 Å². The Morgan fingerprint density at radius 3 is 2.36 bits per heavy atom. The van der Waals surface area contributed by atoms with Crippen molar-refractivity contribution in [3.05, 3.63) is 83.9 Å². The third kappa shape index (κ3) is 3.20. The number of hydrogen-bond acceptors (Lipinski definition) is 5. The quantitative estimate of drug-likeness (QED) is 0.696. The van der Waals surface area contributed by atoms with Gasteiger partial charge in [0.15, 0.2) is 11.5 Å². The molecule has 3 aromatic rings. The summed E-state index contributed by atoms with van der Waals surface area (Å²) in [4.78, 5) is 13.2. The van der Waals surface area contributed by atoms with Crippen LogP contribution in [-0.2, 0) is 0 Å². The first-order valence-corrected chi connectivity index (χ1v) is 8.94. The van der Waals surface area contributed by atoms with Gasteiger partial charge in [0.1, 0.15) is 6.17 Å². The molecule has 0 aliphatic carbocycles. The number of rotatable bonds is 5. The van der Waals surface area contributed by atoms with E-state index in [4.69, 9.17) is 9.47 Å². The molecule has 0 aromatic heterocycles. The SMILES string of the molecule is COc1ccc(C2Nc3ccccc3C(=O)N2Nc2ccccc2)cc1OC. The van der Waals surface area contributed by atoms with Gasteiger partial charge >= 0.3 is 0 Å². The van der Waals surface area contributed by atoms with E-state index in [1.807, 2.05) is 72.8 Å². The molecule has 142 valence electrons. The minimum absolute atomic E-state index is 0.113. The third-order valence-electron chi connectivity index (χ3n) is 4.67. The Hall–Kier alpha value is -3.67. The number of benzene rings is 3. The van der Waals surface area contributed by atoms with Gasteiger partial charge in [-0.05, 0) is 36.4 Å². The third-order valence-corrected chi connectivity index (χ3v) is 4.67. The zero-order valence-electron chi connectivity index (χ0n) is 15.7. The molecule has 1 aliphatic heterocycles. The van der Waals surface area contributed by atoms with Crippen LogP contribution in [0.2, 0.25) is 0 Å². The van der Waals surface area contributed by atoms with Crippen molar-refractivity contribution in [2.45, 2.75) is 6.17 Å². The van der Waals surface area contributed by atoms with Crippen LogP contribution in [0.3, 0.4) is 0 Å². The molecule has 28 heavy (non-hydrogen) atoms. The Kier molecular flexibility index (Phi) is 4.76. The molecular formula is C22H21N3O3. The van der Waals surface area contributed by atoms with Crippen LogP contribution in [0.1, 0.15) is 22.1 Å². The van der Waals surface area contributed by atoms with E-state index < -0.39 is 6.17 Å². The molecule has 6 heteroatoms. The molecular weight excluding hydrogens is 354 g/mol. The fraction of sp³-hybridized carbons (Fsp3) is 0.136. The molecule has 0 saturated heterocycles. The fourth-order valence-corrected chi connectivity index (χ4v) is 3.28. The second kappa shape index (κ2) is 7.52. The second-order valence-electron chi connectivity index (χ2n) is 6.36. The highest BCUT2D eigenvalue weighted by Crippen LogP contribution is 2.36. The van der Waals surface area contributed by atoms with Gasteiger partial charge in [-0.15, -0.1) is 0 Å². The Morgan fingerprint density at radius 2 is 1.61 bits per heavy atom. The van der Waals surface area contributed by atoms with E-state index in [-0.39, 0.29) is 5.91 Å². The molecule has 0 radical (unpaired) electrons. The Morgan fingerprint density at radius 1 is 0.893 bits per heavy atom. The lowest BCUT2D eigenvalue weighted by atomic mass is 10.0. The van der Waals surface area contributed by atoms with Crippen LogP contribution < -0.4 is 20.2 Å². The van der Waals surface area contributed by atoms with E-state index >= 15 is 0 Å². The maximum atomic E-state index is 13.2. The van der Waals surface area contributed by atoms with Crippen LogP contribution in [0.25, 0.3) is 0 Å². The highest BCUT2D eigenvalue weighted by atomic mass is 16.5. The zero-order chi connectivity index (χ0) is 19.5. The van der Waals surface area contributed by atoms with Crippen LogP contribution in [0, 0.1) is 0 Å². The average Bonchev–Trinajstić information content (AvgIpc) is 2.76. The molecule has 2 N–H and O–H groups in total. The van der Waals surface area contributed by atoms with Gasteiger partial charge < -0.3 is 14.8 Å². The number of nitrogens with zero attached hydrogens (tertiary/aromatic N) is 1. The summed E-state index contributed by atoms with van der Waals surface area (Å²) in [6.45, 7) is 0. The monoisotopic (exact) mass is 375 g/mol. The van der Waals surface area contributed by atoms with Gasteiger partial charge in [-0.1, -0.05) is 36.4 Å². The molecule has 0 saturated carbocycles. The molecule has 6 nitrogen and oxygen atoms in total. The summed E-state index contributed by atoms with van der Waals surface area (Å²) in [5, 5.41) is 5.05. The first-order valence-electron chi connectivity index (χ1n) is 8.94. The van der Waals surface area contributed by atoms with Crippen molar-refractivity contribution in [1.29, 1.82) is 0 Å². The van der Waals surface area contributed by atoms with E-state index in [0.29, 0.717) is 17.1 Å². The minimum Gasteiger partial charge on any atom is -0.493 e. The lowest BCUT2D eigenvalue weighted by Crippen LogP contribution is -2.46. The second-order valence-corrected chi connectivity index (χ2v) is 6.36. The number of hydrazine groups is 1. The van der Waals surface area contributed by atoms with Gasteiger partial charge in [0.2, 0.25) is 0 Å². The van der Waals surface area contributed by atoms with E-state index in [0.717, 1.165) is 16.9 Å². The van der Waals surface area contributed by atoms with Crippen molar-refractivity contribution in [3.8, 4) is 11.5 Å². The number of para-hydroxylation sites is 2. The van der Waals surface area contributed by atoms with Gasteiger partial charge in [-0.25, -0.2) is 5.01 Å². The summed E-state index contributed by atoms with van der Waals surface area (Å²) < 4.78 is 10.8. The first kappa shape index (κ1) is 17.7. The van der Waals surface area contributed by atoms with Gasteiger partial charge in [0.25, 0.3) is 5.91 Å². The van der Waals surface area contributed by atoms with E-state index in [1.54, 1.807) is 19.2 Å². The summed E-state index contributed by atoms with van der Waals surface area (Å²) in [5.74, 6) is 1.13. The smallest absolute Gasteiger partial charge is 0.276 e. The largest absolute Gasteiger partial charge is 0.493 e. The summed E-state index contributed by atoms with van der Waals surface area (Å²) in [7, 11) is 3.19. The maximum absolute atomic E-state index is 13.2. The van der Waals surface area contributed by atoms with Crippen LogP contribution in [0.15, 0.2) is 72.8 Å². The van der Waals surface area contributed by atoms with Crippen molar-refractivity contribution >= 4 is 17.3 Å². The summed E-state index contributed by atoms with van der Waals surface area (Å²) in [6, 6.07) is 22.7. The molecule has 1 amide bonds. The molecule has 1 unspecified atom stereocenters. The number of amides is 1. The van der Waals surface area contributed by atoms with Crippen molar-refractivity contribution < 1.29 is 14.3 Å². The number of fused-ring (bicyclic) bond motifs is 1. The molecule has 1 aliphatic rings. The lowest BCUT2D eigenvalue weighted by Gasteiger charge is -2.38. The molecule has 0 spiro atoms. The van der Waals surface area contributed by atoms with Gasteiger partial charge in [0, 0.05) is 11.3 Å². The number of hydrogen-bond donors (Lipinski definition) is 2. The van der Waals surface area contributed by atoms with Crippen LogP contribution in [0.5, 0.6) is 11.5 Å².